The molecule has 0 aromatic carbocycles. The van der Waals surface area contributed by atoms with Crippen molar-refractivity contribution in [3.05, 3.63) is 30.1 Å². The summed E-state index contributed by atoms with van der Waals surface area (Å²) in [6, 6.07) is 3.74. The number of nitrogens with zero attached hydrogens (tertiary/aromatic N) is 2. The number of aromatic nitrogens is 1. The highest BCUT2D eigenvalue weighted by Gasteiger charge is 2.23. The van der Waals surface area contributed by atoms with E-state index in [1.54, 1.807) is 30.4 Å². The van der Waals surface area contributed by atoms with Crippen LogP contribution in [0.15, 0.2) is 29.5 Å². The summed E-state index contributed by atoms with van der Waals surface area (Å²) in [5.74, 6) is 1.14. The third-order valence-electron chi connectivity index (χ3n) is 1.96. The molecule has 1 aliphatic heterocycles. The Bertz CT molecular complexity index is 350. The smallest absolute Gasteiger partial charge is 0.168 e. The number of thioether (sulfide) groups is 1. The van der Waals surface area contributed by atoms with Gasteiger partial charge in [0, 0.05) is 30.8 Å². The number of Topliss-reactive ketones (excluding diaryl/α,β-unsaturated/α-hetero) is 1. The molecule has 1 unspecified atom stereocenters. The largest absolute Gasteiger partial charge is 0.296 e. The van der Waals surface area contributed by atoms with Gasteiger partial charge in [-0.3, -0.25) is 14.8 Å². The molecule has 1 atom stereocenters. The van der Waals surface area contributed by atoms with Gasteiger partial charge >= 0.3 is 0 Å². The molecule has 0 amide bonds. The number of rotatable bonds is 2. The summed E-state index contributed by atoms with van der Waals surface area (Å²) in [7, 11) is 0. The monoisotopic (exact) mass is 206 g/mol. The number of hydrogen-bond acceptors (Lipinski definition) is 4. The van der Waals surface area contributed by atoms with Gasteiger partial charge in [0.05, 0.1) is 0 Å². The first-order valence-electron chi connectivity index (χ1n) is 4.44. The van der Waals surface area contributed by atoms with Crippen molar-refractivity contribution in [1.82, 2.24) is 4.98 Å². The van der Waals surface area contributed by atoms with Crippen molar-refractivity contribution in [3.8, 4) is 0 Å². The molecule has 1 fully saturated rings. The van der Waals surface area contributed by atoms with Crippen LogP contribution in [0.25, 0.3) is 0 Å². The van der Waals surface area contributed by atoms with Crippen LogP contribution in [0.4, 0.5) is 0 Å². The van der Waals surface area contributed by atoms with Gasteiger partial charge in [0.2, 0.25) is 0 Å². The van der Waals surface area contributed by atoms with Gasteiger partial charge in [0.15, 0.2) is 11.2 Å². The summed E-state index contributed by atoms with van der Waals surface area (Å²) < 4.78 is 0. The number of carbonyl (C=O) groups excluding carboxylic acids is 1. The molecule has 0 bridgehead atoms. The van der Waals surface area contributed by atoms with E-state index in [4.69, 9.17) is 0 Å². The molecule has 0 radical (unpaired) electrons. The average molecular weight is 206 g/mol. The maximum atomic E-state index is 11.2. The molecular weight excluding hydrogens is 196 g/mol. The molecule has 0 aliphatic carbocycles. The lowest BCUT2D eigenvalue weighted by atomic mass is 10.3. The SMILES string of the molecule is O=C1CCSC1N=Cc1ccncc1. The van der Waals surface area contributed by atoms with Crippen LogP contribution in [0.1, 0.15) is 12.0 Å². The molecule has 0 N–H and O–H groups in total. The molecule has 1 aromatic rings. The first-order chi connectivity index (χ1) is 6.86. The fourth-order valence-electron chi connectivity index (χ4n) is 1.22. The Morgan fingerprint density at radius 1 is 1.50 bits per heavy atom. The molecule has 0 spiro atoms. The second-order valence-corrected chi connectivity index (χ2v) is 4.19. The molecule has 72 valence electrons. The van der Waals surface area contributed by atoms with Gasteiger partial charge in [0.1, 0.15) is 0 Å². The third-order valence-corrected chi connectivity index (χ3v) is 3.10. The van der Waals surface area contributed by atoms with E-state index in [-0.39, 0.29) is 11.2 Å². The zero-order valence-corrected chi connectivity index (χ0v) is 8.41. The summed E-state index contributed by atoms with van der Waals surface area (Å²) >= 11 is 1.61. The van der Waals surface area contributed by atoms with E-state index in [0.29, 0.717) is 6.42 Å². The highest BCUT2D eigenvalue weighted by Crippen LogP contribution is 2.23. The summed E-state index contributed by atoms with van der Waals surface area (Å²) in [6.07, 6.45) is 5.82. The van der Waals surface area contributed by atoms with Crippen molar-refractivity contribution >= 4 is 23.8 Å². The lowest BCUT2D eigenvalue weighted by molar-refractivity contribution is -0.117. The molecule has 1 saturated heterocycles. The molecule has 0 saturated carbocycles. The predicted molar refractivity (Wildman–Crippen MR) is 57.7 cm³/mol. The number of aliphatic imine (C=N–C) groups is 1. The van der Waals surface area contributed by atoms with Gasteiger partial charge in [0.25, 0.3) is 0 Å². The Kier molecular flexibility index (Phi) is 2.93. The molecule has 2 heterocycles. The second kappa shape index (κ2) is 4.37. The van der Waals surface area contributed by atoms with Crippen LogP contribution >= 0.6 is 11.8 Å². The standard InChI is InChI=1S/C10H10N2OS/c13-9-3-6-14-10(9)12-7-8-1-4-11-5-2-8/h1-2,4-5,7,10H,3,6H2. The highest BCUT2D eigenvalue weighted by molar-refractivity contribution is 8.01. The molecule has 14 heavy (non-hydrogen) atoms. The topological polar surface area (TPSA) is 42.3 Å². The Morgan fingerprint density at radius 2 is 2.29 bits per heavy atom. The van der Waals surface area contributed by atoms with Gasteiger partial charge in [-0.15, -0.1) is 11.8 Å². The van der Waals surface area contributed by atoms with E-state index < -0.39 is 0 Å². The van der Waals surface area contributed by atoms with E-state index in [2.05, 4.69) is 9.98 Å². The highest BCUT2D eigenvalue weighted by atomic mass is 32.2. The van der Waals surface area contributed by atoms with Crippen LogP contribution in [-0.2, 0) is 4.79 Å². The average Bonchev–Trinajstić information content (AvgIpc) is 2.63. The van der Waals surface area contributed by atoms with E-state index in [1.807, 2.05) is 12.1 Å². The zero-order chi connectivity index (χ0) is 9.80. The van der Waals surface area contributed by atoms with Crippen molar-refractivity contribution in [3.63, 3.8) is 0 Å². The Balaban J connectivity index is 2.03. The van der Waals surface area contributed by atoms with Gasteiger partial charge in [-0.25, -0.2) is 0 Å². The fraction of sp³-hybridized carbons (Fsp3) is 0.300. The Labute approximate surface area is 86.6 Å². The van der Waals surface area contributed by atoms with Crippen molar-refractivity contribution in [1.29, 1.82) is 0 Å². The maximum absolute atomic E-state index is 11.2. The molecule has 1 aliphatic rings. The van der Waals surface area contributed by atoms with Crippen LogP contribution in [0, 0.1) is 0 Å². The zero-order valence-electron chi connectivity index (χ0n) is 7.59. The van der Waals surface area contributed by atoms with Crippen LogP contribution in [-0.4, -0.2) is 28.1 Å². The van der Waals surface area contributed by atoms with E-state index in [1.165, 1.54) is 0 Å². The molecule has 4 heteroatoms. The molecular formula is C10H10N2OS. The van der Waals surface area contributed by atoms with Crippen LogP contribution in [0.5, 0.6) is 0 Å². The van der Waals surface area contributed by atoms with E-state index >= 15 is 0 Å². The maximum Gasteiger partial charge on any atom is 0.168 e. The quantitative estimate of drug-likeness (QED) is 0.689. The first-order valence-corrected chi connectivity index (χ1v) is 5.48. The normalized spacial score (nSPS) is 22.0. The van der Waals surface area contributed by atoms with Crippen molar-refractivity contribution in [2.75, 3.05) is 5.75 Å². The molecule has 2 rings (SSSR count). The van der Waals surface area contributed by atoms with Crippen molar-refractivity contribution in [2.45, 2.75) is 11.8 Å². The van der Waals surface area contributed by atoms with E-state index in [9.17, 15) is 4.79 Å². The minimum absolute atomic E-state index is 0.178. The van der Waals surface area contributed by atoms with Gasteiger partial charge in [-0.05, 0) is 17.7 Å². The van der Waals surface area contributed by atoms with Crippen LogP contribution in [0.3, 0.4) is 0 Å². The lowest BCUT2D eigenvalue weighted by Gasteiger charge is -1.98. The number of pyridine rings is 1. The van der Waals surface area contributed by atoms with Gasteiger partial charge in [-0.1, -0.05) is 0 Å². The molecule has 3 nitrogen and oxygen atoms in total. The summed E-state index contributed by atoms with van der Waals surface area (Å²) in [5, 5.41) is -0.178. The Hall–Kier alpha value is -1.16. The van der Waals surface area contributed by atoms with Crippen LogP contribution in [0.2, 0.25) is 0 Å². The van der Waals surface area contributed by atoms with Gasteiger partial charge < -0.3 is 0 Å². The van der Waals surface area contributed by atoms with Crippen molar-refractivity contribution < 1.29 is 4.79 Å². The number of carbonyl (C=O) groups is 1. The lowest BCUT2D eigenvalue weighted by Crippen LogP contribution is -2.06. The predicted octanol–water partition coefficient (Wildman–Crippen LogP) is 1.53. The van der Waals surface area contributed by atoms with E-state index in [0.717, 1.165) is 11.3 Å². The second-order valence-electron chi connectivity index (χ2n) is 3.00. The first kappa shape index (κ1) is 9.40. The minimum Gasteiger partial charge on any atom is -0.296 e. The minimum atomic E-state index is -0.178. The summed E-state index contributed by atoms with van der Waals surface area (Å²) in [6.45, 7) is 0. The number of ketones is 1. The van der Waals surface area contributed by atoms with Crippen LogP contribution < -0.4 is 0 Å². The Morgan fingerprint density at radius 3 is 2.93 bits per heavy atom. The summed E-state index contributed by atoms with van der Waals surface area (Å²) in [4.78, 5) is 19.4. The molecule has 1 aromatic heterocycles. The number of hydrogen-bond donors (Lipinski definition) is 0. The third kappa shape index (κ3) is 2.20. The van der Waals surface area contributed by atoms with Crippen molar-refractivity contribution in [2.24, 2.45) is 4.99 Å². The van der Waals surface area contributed by atoms with Gasteiger partial charge in [-0.2, -0.15) is 0 Å². The fourth-order valence-corrected chi connectivity index (χ4v) is 2.21. The summed E-state index contributed by atoms with van der Waals surface area (Å²) in [5.41, 5.74) is 0.986.